The van der Waals surface area contributed by atoms with Crippen LogP contribution in [0.5, 0.6) is 11.5 Å². The van der Waals surface area contributed by atoms with Crippen LogP contribution in [-0.4, -0.2) is 13.7 Å². The van der Waals surface area contributed by atoms with Crippen molar-refractivity contribution >= 4 is 5.69 Å². The first kappa shape index (κ1) is 8.71. The van der Waals surface area contributed by atoms with Gasteiger partial charge in [-0.25, -0.2) is 0 Å². The topological polar surface area (TPSA) is 44.5 Å². The molecule has 1 aromatic rings. The smallest absolute Gasteiger partial charge is 0.163 e. The van der Waals surface area contributed by atoms with E-state index in [2.05, 4.69) is 6.92 Å². The van der Waals surface area contributed by atoms with Crippen LogP contribution in [0, 0.1) is 6.92 Å². The summed E-state index contributed by atoms with van der Waals surface area (Å²) >= 11 is 0. The molecule has 2 N–H and O–H groups in total. The maximum absolute atomic E-state index is 5.56. The Morgan fingerprint density at radius 1 is 1.42 bits per heavy atom. The first-order valence-electron chi connectivity index (χ1n) is 3.63. The molecule has 3 nitrogen and oxygen atoms in total. The van der Waals surface area contributed by atoms with Crippen LogP contribution < -0.4 is 15.2 Å². The van der Waals surface area contributed by atoms with Crippen molar-refractivity contribution in [1.29, 1.82) is 0 Å². The van der Waals surface area contributed by atoms with E-state index in [0.29, 0.717) is 23.8 Å². The van der Waals surface area contributed by atoms with Crippen LogP contribution >= 0.6 is 0 Å². The van der Waals surface area contributed by atoms with Gasteiger partial charge in [0.05, 0.1) is 13.7 Å². The van der Waals surface area contributed by atoms with Crippen LogP contribution in [0.3, 0.4) is 0 Å². The largest absolute Gasteiger partial charge is 0.493 e. The van der Waals surface area contributed by atoms with Gasteiger partial charge in [-0.1, -0.05) is 0 Å². The molecule has 0 amide bonds. The molecule has 65 valence electrons. The Morgan fingerprint density at radius 2 is 2.17 bits per heavy atom. The van der Waals surface area contributed by atoms with E-state index in [1.807, 2.05) is 0 Å². The molecule has 0 saturated heterocycles. The molecule has 0 saturated carbocycles. The summed E-state index contributed by atoms with van der Waals surface area (Å²) in [6.07, 6.45) is 0. The van der Waals surface area contributed by atoms with Gasteiger partial charge in [0.15, 0.2) is 11.5 Å². The maximum Gasteiger partial charge on any atom is 0.163 e. The molecule has 0 aliphatic heterocycles. The van der Waals surface area contributed by atoms with Gasteiger partial charge in [-0.15, -0.1) is 0 Å². The molecule has 0 aliphatic rings. The second-order valence-corrected chi connectivity index (χ2v) is 2.26. The van der Waals surface area contributed by atoms with E-state index in [-0.39, 0.29) is 0 Å². The Morgan fingerprint density at radius 3 is 2.75 bits per heavy atom. The van der Waals surface area contributed by atoms with E-state index >= 15 is 0 Å². The average Bonchev–Trinajstić information content (AvgIpc) is 2.05. The zero-order valence-corrected chi connectivity index (χ0v) is 7.04. The van der Waals surface area contributed by atoms with Gasteiger partial charge in [-0.05, 0) is 19.1 Å². The summed E-state index contributed by atoms with van der Waals surface area (Å²) in [6, 6.07) is 5.24. The fourth-order valence-electron chi connectivity index (χ4n) is 0.916. The van der Waals surface area contributed by atoms with E-state index in [4.69, 9.17) is 15.2 Å². The lowest BCUT2D eigenvalue weighted by Crippen LogP contribution is -1.96. The number of methoxy groups -OCH3 is 1. The molecule has 3 heteroatoms. The van der Waals surface area contributed by atoms with Crippen LogP contribution in [0.1, 0.15) is 0 Å². The lowest BCUT2D eigenvalue weighted by Gasteiger charge is -2.08. The number of ether oxygens (including phenoxy) is 2. The Hall–Kier alpha value is -1.38. The van der Waals surface area contributed by atoms with E-state index in [1.165, 1.54) is 0 Å². The van der Waals surface area contributed by atoms with Crippen LogP contribution in [0.4, 0.5) is 5.69 Å². The molecular formula is C9H12NO2. The molecule has 0 unspecified atom stereocenters. The van der Waals surface area contributed by atoms with Gasteiger partial charge in [0, 0.05) is 11.8 Å². The molecule has 0 aliphatic carbocycles. The number of nitrogen functional groups attached to an aromatic ring is 1. The van der Waals surface area contributed by atoms with Crippen LogP contribution in [0.15, 0.2) is 18.2 Å². The van der Waals surface area contributed by atoms with E-state index in [9.17, 15) is 0 Å². The van der Waals surface area contributed by atoms with Gasteiger partial charge >= 0.3 is 0 Å². The van der Waals surface area contributed by atoms with Crippen molar-refractivity contribution < 1.29 is 9.47 Å². The van der Waals surface area contributed by atoms with Crippen molar-refractivity contribution in [3.05, 3.63) is 25.1 Å². The first-order valence-corrected chi connectivity index (χ1v) is 3.63. The summed E-state index contributed by atoms with van der Waals surface area (Å²) in [5.74, 6) is 1.31. The second kappa shape index (κ2) is 3.85. The molecule has 0 bridgehead atoms. The molecule has 0 atom stereocenters. The number of rotatable bonds is 3. The van der Waals surface area contributed by atoms with Crippen molar-refractivity contribution in [3.63, 3.8) is 0 Å². The number of hydrogen-bond donors (Lipinski definition) is 1. The highest BCUT2D eigenvalue weighted by Crippen LogP contribution is 2.28. The minimum absolute atomic E-state index is 0.361. The zero-order chi connectivity index (χ0) is 8.97. The molecule has 1 radical (unpaired) electrons. The predicted molar refractivity (Wildman–Crippen MR) is 48.3 cm³/mol. The average molecular weight is 166 g/mol. The van der Waals surface area contributed by atoms with Gasteiger partial charge < -0.3 is 15.2 Å². The van der Waals surface area contributed by atoms with Gasteiger partial charge in [0.25, 0.3) is 0 Å². The highest BCUT2D eigenvalue weighted by Gasteiger charge is 2.02. The van der Waals surface area contributed by atoms with Crippen molar-refractivity contribution in [2.45, 2.75) is 0 Å². The lowest BCUT2D eigenvalue weighted by atomic mass is 10.3. The number of anilines is 1. The zero-order valence-electron chi connectivity index (χ0n) is 7.04. The molecule has 0 fully saturated rings. The maximum atomic E-state index is 5.56. The predicted octanol–water partition coefficient (Wildman–Crippen LogP) is 1.49. The Kier molecular flexibility index (Phi) is 2.80. The second-order valence-electron chi connectivity index (χ2n) is 2.26. The van der Waals surface area contributed by atoms with E-state index in [0.717, 1.165) is 0 Å². The first-order chi connectivity index (χ1) is 5.77. The van der Waals surface area contributed by atoms with Gasteiger partial charge in [-0.2, -0.15) is 0 Å². The Balaban J connectivity index is 2.95. The minimum Gasteiger partial charge on any atom is -0.493 e. The van der Waals surface area contributed by atoms with Crippen molar-refractivity contribution in [1.82, 2.24) is 0 Å². The Labute approximate surface area is 72.1 Å². The SMILES string of the molecule is [CH2]COc1cc(N)ccc1OC. The third-order valence-corrected chi connectivity index (χ3v) is 1.45. The summed E-state index contributed by atoms with van der Waals surface area (Å²) in [7, 11) is 1.58. The fraction of sp³-hybridized carbons (Fsp3) is 0.222. The summed E-state index contributed by atoms with van der Waals surface area (Å²) < 4.78 is 10.2. The molecule has 12 heavy (non-hydrogen) atoms. The fourth-order valence-corrected chi connectivity index (χ4v) is 0.916. The quantitative estimate of drug-likeness (QED) is 0.692. The Bertz CT molecular complexity index is 261. The van der Waals surface area contributed by atoms with E-state index in [1.54, 1.807) is 25.3 Å². The van der Waals surface area contributed by atoms with Crippen molar-refractivity contribution in [2.24, 2.45) is 0 Å². The van der Waals surface area contributed by atoms with Crippen LogP contribution in [0.25, 0.3) is 0 Å². The normalized spacial score (nSPS) is 9.50. The molecule has 0 aromatic heterocycles. The molecule has 0 heterocycles. The van der Waals surface area contributed by atoms with Gasteiger partial charge in [0.1, 0.15) is 0 Å². The van der Waals surface area contributed by atoms with Gasteiger partial charge in [-0.3, -0.25) is 0 Å². The molecule has 1 rings (SSSR count). The monoisotopic (exact) mass is 166 g/mol. The van der Waals surface area contributed by atoms with Crippen LogP contribution in [-0.2, 0) is 0 Å². The van der Waals surface area contributed by atoms with E-state index < -0.39 is 0 Å². The summed E-state index contributed by atoms with van der Waals surface area (Å²) in [6.45, 7) is 3.93. The summed E-state index contributed by atoms with van der Waals surface area (Å²) in [5.41, 5.74) is 6.21. The standard InChI is InChI=1S/C9H12NO2/c1-3-12-9-6-7(10)4-5-8(9)11-2/h4-6H,1,3,10H2,2H3. The highest BCUT2D eigenvalue weighted by atomic mass is 16.5. The minimum atomic E-state index is 0.361. The molecule has 0 spiro atoms. The third kappa shape index (κ3) is 1.81. The number of benzene rings is 1. The number of nitrogens with two attached hydrogens (primary N) is 1. The number of hydrogen-bond acceptors (Lipinski definition) is 3. The van der Waals surface area contributed by atoms with Gasteiger partial charge in [0.2, 0.25) is 0 Å². The lowest BCUT2D eigenvalue weighted by molar-refractivity contribution is 0.325. The molecular weight excluding hydrogens is 154 g/mol. The summed E-state index contributed by atoms with van der Waals surface area (Å²) in [5, 5.41) is 0. The third-order valence-electron chi connectivity index (χ3n) is 1.45. The van der Waals surface area contributed by atoms with Crippen LogP contribution in [0.2, 0.25) is 0 Å². The van der Waals surface area contributed by atoms with Crippen molar-refractivity contribution in [3.8, 4) is 11.5 Å². The summed E-state index contributed by atoms with van der Waals surface area (Å²) in [4.78, 5) is 0. The highest BCUT2D eigenvalue weighted by molar-refractivity contribution is 5.51. The molecule has 1 aromatic carbocycles. The van der Waals surface area contributed by atoms with Crippen molar-refractivity contribution in [2.75, 3.05) is 19.5 Å².